The molecule has 0 radical (unpaired) electrons. The highest BCUT2D eigenvalue weighted by molar-refractivity contribution is 5.38. The number of hydrogen-bond donors (Lipinski definition) is 1. The Morgan fingerprint density at radius 2 is 2.29 bits per heavy atom. The van der Waals surface area contributed by atoms with E-state index in [4.69, 9.17) is 11.0 Å². The van der Waals surface area contributed by atoms with E-state index in [0.29, 0.717) is 11.5 Å². The van der Waals surface area contributed by atoms with E-state index in [1.807, 2.05) is 6.07 Å². The summed E-state index contributed by atoms with van der Waals surface area (Å²) in [4.78, 5) is 3.86. The van der Waals surface area contributed by atoms with Crippen LogP contribution in [-0.4, -0.2) is 14.8 Å². The van der Waals surface area contributed by atoms with Crippen molar-refractivity contribution in [2.75, 3.05) is 5.73 Å². The third-order valence-corrected chi connectivity index (χ3v) is 1.73. The summed E-state index contributed by atoms with van der Waals surface area (Å²) in [7, 11) is 0. The topological polar surface area (TPSA) is 80.5 Å². The lowest BCUT2D eigenvalue weighted by molar-refractivity contribution is 0.882. The number of nitrogens with two attached hydrogens (primary N) is 1. The van der Waals surface area contributed by atoms with Crippen LogP contribution in [0.1, 0.15) is 5.69 Å². The number of rotatable bonds is 1. The lowest BCUT2D eigenvalue weighted by Gasteiger charge is -1.99. The van der Waals surface area contributed by atoms with Gasteiger partial charge >= 0.3 is 0 Å². The molecule has 2 aromatic heterocycles. The summed E-state index contributed by atoms with van der Waals surface area (Å²) >= 11 is 0. The molecule has 0 saturated heterocycles. The van der Waals surface area contributed by atoms with Gasteiger partial charge in [-0.15, -0.1) is 0 Å². The fourth-order valence-corrected chi connectivity index (χ4v) is 1.10. The monoisotopic (exact) mass is 185 g/mol. The van der Waals surface area contributed by atoms with E-state index >= 15 is 0 Å². The van der Waals surface area contributed by atoms with E-state index in [0.717, 1.165) is 5.69 Å². The first-order valence-electron chi connectivity index (χ1n) is 3.97. The van der Waals surface area contributed by atoms with Gasteiger partial charge in [0, 0.05) is 24.5 Å². The molecular formula is C9H7N5. The van der Waals surface area contributed by atoms with Crippen LogP contribution in [0.25, 0.3) is 5.69 Å². The van der Waals surface area contributed by atoms with Gasteiger partial charge in [0.1, 0.15) is 17.6 Å². The van der Waals surface area contributed by atoms with Crippen molar-refractivity contribution >= 4 is 5.82 Å². The zero-order chi connectivity index (χ0) is 9.97. The molecule has 68 valence electrons. The largest absolute Gasteiger partial charge is 0.382 e. The van der Waals surface area contributed by atoms with Crippen molar-refractivity contribution in [3.8, 4) is 11.8 Å². The Morgan fingerprint density at radius 3 is 2.93 bits per heavy atom. The first-order chi connectivity index (χ1) is 6.79. The summed E-state index contributed by atoms with van der Waals surface area (Å²) < 4.78 is 1.60. The van der Waals surface area contributed by atoms with Gasteiger partial charge in [-0.3, -0.25) is 0 Å². The van der Waals surface area contributed by atoms with E-state index in [1.165, 1.54) is 0 Å². The van der Waals surface area contributed by atoms with Crippen LogP contribution >= 0.6 is 0 Å². The van der Waals surface area contributed by atoms with Gasteiger partial charge in [-0.1, -0.05) is 0 Å². The van der Waals surface area contributed by atoms with Crippen molar-refractivity contribution in [3.05, 3.63) is 36.3 Å². The van der Waals surface area contributed by atoms with Gasteiger partial charge in [0.25, 0.3) is 0 Å². The Labute approximate surface area is 80.4 Å². The molecule has 0 unspecified atom stereocenters. The Balaban J connectivity index is 2.47. The molecule has 14 heavy (non-hydrogen) atoms. The lowest BCUT2D eigenvalue weighted by Crippen LogP contribution is -1.97. The maximum Gasteiger partial charge on any atom is 0.145 e. The Hall–Kier alpha value is -2.35. The molecule has 5 heteroatoms. The summed E-state index contributed by atoms with van der Waals surface area (Å²) in [6, 6.07) is 7.05. The van der Waals surface area contributed by atoms with Crippen LogP contribution < -0.4 is 5.73 Å². The van der Waals surface area contributed by atoms with Crippen molar-refractivity contribution in [2.24, 2.45) is 0 Å². The fourth-order valence-electron chi connectivity index (χ4n) is 1.10. The first-order valence-corrected chi connectivity index (χ1v) is 3.97. The van der Waals surface area contributed by atoms with E-state index < -0.39 is 0 Å². The third-order valence-electron chi connectivity index (χ3n) is 1.73. The summed E-state index contributed by atoms with van der Waals surface area (Å²) in [5, 5.41) is 12.7. The van der Waals surface area contributed by atoms with Gasteiger partial charge in [0.15, 0.2) is 0 Å². The first kappa shape index (κ1) is 8.26. The minimum Gasteiger partial charge on any atom is -0.382 e. The Morgan fingerprint density at radius 1 is 1.43 bits per heavy atom. The number of anilines is 1. The van der Waals surface area contributed by atoms with Crippen LogP contribution in [0.4, 0.5) is 5.82 Å². The summed E-state index contributed by atoms with van der Waals surface area (Å²) in [6.07, 6.45) is 3.29. The predicted molar refractivity (Wildman–Crippen MR) is 50.5 cm³/mol. The SMILES string of the molecule is N#Cc1cc(-n2ccc(N)n2)ccn1. The van der Waals surface area contributed by atoms with Gasteiger partial charge in [-0.25, -0.2) is 9.67 Å². The average molecular weight is 185 g/mol. The van der Waals surface area contributed by atoms with Gasteiger partial charge in [0.2, 0.25) is 0 Å². The molecule has 0 bridgehead atoms. The molecule has 2 heterocycles. The van der Waals surface area contributed by atoms with Crippen molar-refractivity contribution in [1.82, 2.24) is 14.8 Å². The number of aromatic nitrogens is 3. The van der Waals surface area contributed by atoms with E-state index in [1.54, 1.807) is 35.3 Å². The average Bonchev–Trinajstić information content (AvgIpc) is 2.65. The number of nitrogens with zero attached hydrogens (tertiary/aromatic N) is 4. The molecule has 2 aromatic rings. The molecule has 0 fully saturated rings. The second kappa shape index (κ2) is 3.18. The van der Waals surface area contributed by atoms with Crippen LogP contribution in [0.2, 0.25) is 0 Å². The van der Waals surface area contributed by atoms with E-state index in [-0.39, 0.29) is 0 Å². The molecule has 0 aliphatic carbocycles. The molecule has 0 saturated carbocycles. The molecule has 2 rings (SSSR count). The quantitative estimate of drug-likeness (QED) is 0.709. The van der Waals surface area contributed by atoms with Gasteiger partial charge in [-0.05, 0) is 6.07 Å². The molecule has 0 amide bonds. The molecular weight excluding hydrogens is 178 g/mol. The molecule has 0 aromatic carbocycles. The summed E-state index contributed by atoms with van der Waals surface area (Å²) in [6.45, 7) is 0. The van der Waals surface area contributed by atoms with Gasteiger partial charge in [0.05, 0.1) is 5.69 Å². The Bertz CT molecular complexity index is 494. The highest BCUT2D eigenvalue weighted by Gasteiger charge is 1.99. The molecule has 0 aliphatic heterocycles. The Kier molecular flexibility index (Phi) is 1.88. The summed E-state index contributed by atoms with van der Waals surface area (Å²) in [5.74, 6) is 0.445. The second-order valence-electron chi connectivity index (χ2n) is 2.70. The smallest absolute Gasteiger partial charge is 0.145 e. The van der Waals surface area contributed by atoms with Gasteiger partial charge < -0.3 is 5.73 Å². The normalized spacial score (nSPS) is 9.64. The number of hydrogen-bond acceptors (Lipinski definition) is 4. The highest BCUT2D eigenvalue weighted by Crippen LogP contribution is 2.08. The zero-order valence-electron chi connectivity index (χ0n) is 7.25. The second-order valence-corrected chi connectivity index (χ2v) is 2.70. The molecule has 0 spiro atoms. The third kappa shape index (κ3) is 1.41. The predicted octanol–water partition coefficient (Wildman–Crippen LogP) is 0.721. The fraction of sp³-hybridized carbons (Fsp3) is 0. The van der Waals surface area contributed by atoms with Crippen LogP contribution in [0.5, 0.6) is 0 Å². The minimum atomic E-state index is 0.358. The van der Waals surface area contributed by atoms with Crippen molar-refractivity contribution in [1.29, 1.82) is 5.26 Å². The van der Waals surface area contributed by atoms with Crippen LogP contribution in [0.15, 0.2) is 30.6 Å². The maximum absolute atomic E-state index is 8.65. The molecule has 0 atom stereocenters. The number of nitriles is 1. The zero-order valence-corrected chi connectivity index (χ0v) is 7.25. The van der Waals surface area contributed by atoms with Crippen molar-refractivity contribution in [2.45, 2.75) is 0 Å². The van der Waals surface area contributed by atoms with E-state index in [9.17, 15) is 0 Å². The van der Waals surface area contributed by atoms with Crippen molar-refractivity contribution < 1.29 is 0 Å². The molecule has 2 N–H and O–H groups in total. The number of pyridine rings is 1. The van der Waals surface area contributed by atoms with Crippen LogP contribution in [-0.2, 0) is 0 Å². The van der Waals surface area contributed by atoms with Gasteiger partial charge in [-0.2, -0.15) is 10.4 Å². The maximum atomic E-state index is 8.65. The minimum absolute atomic E-state index is 0.358. The lowest BCUT2D eigenvalue weighted by atomic mass is 10.3. The highest BCUT2D eigenvalue weighted by atomic mass is 15.3. The van der Waals surface area contributed by atoms with Crippen LogP contribution in [0.3, 0.4) is 0 Å². The molecule has 5 nitrogen and oxygen atoms in total. The van der Waals surface area contributed by atoms with Crippen LogP contribution in [0, 0.1) is 11.3 Å². The van der Waals surface area contributed by atoms with Crippen molar-refractivity contribution in [3.63, 3.8) is 0 Å². The number of nitrogen functional groups attached to an aromatic ring is 1. The standard InChI is InChI=1S/C9H7N5/c10-6-7-5-8(1-3-12-7)14-4-2-9(11)13-14/h1-5H,(H2,11,13). The molecule has 0 aliphatic rings. The summed E-state index contributed by atoms with van der Waals surface area (Å²) in [5.41, 5.74) is 6.60. The van der Waals surface area contributed by atoms with E-state index in [2.05, 4.69) is 10.1 Å².